The Labute approximate surface area is 237 Å². The van der Waals surface area contributed by atoms with Crippen molar-refractivity contribution < 1.29 is 4.42 Å². The van der Waals surface area contributed by atoms with Gasteiger partial charge in [-0.2, -0.15) is 0 Å². The molecule has 6 aromatic carbocycles. The van der Waals surface area contributed by atoms with Crippen LogP contribution in [0.15, 0.2) is 150 Å². The second-order valence-electron chi connectivity index (χ2n) is 10.1. The molecule has 40 heavy (non-hydrogen) atoms. The van der Waals surface area contributed by atoms with Crippen molar-refractivity contribution in [2.24, 2.45) is 0 Å². The number of rotatable bonds is 4. The largest absolute Gasteiger partial charge is 0.455 e. The molecule has 0 spiro atoms. The van der Waals surface area contributed by atoms with Crippen molar-refractivity contribution in [2.45, 2.75) is 0 Å². The maximum Gasteiger partial charge on any atom is 0.144 e. The van der Waals surface area contributed by atoms with Gasteiger partial charge in [0.1, 0.15) is 11.2 Å². The van der Waals surface area contributed by atoms with E-state index in [0.29, 0.717) is 0 Å². The summed E-state index contributed by atoms with van der Waals surface area (Å²) in [5.74, 6) is 0. The highest BCUT2D eigenvalue weighted by molar-refractivity contribution is 8.25. The minimum atomic E-state index is -2.37. The normalized spacial score (nSPS) is 12.1. The zero-order valence-electron chi connectivity index (χ0n) is 21.6. The van der Waals surface area contributed by atoms with Gasteiger partial charge in [-0.3, -0.25) is 0 Å². The predicted molar refractivity (Wildman–Crippen MR) is 174 cm³/mol. The van der Waals surface area contributed by atoms with Crippen molar-refractivity contribution in [3.05, 3.63) is 146 Å². The summed E-state index contributed by atoms with van der Waals surface area (Å²) < 4.78 is 9.02. The Morgan fingerprint density at radius 3 is 1.68 bits per heavy atom. The molecular formula is C36H24NOPS. The van der Waals surface area contributed by atoms with Crippen molar-refractivity contribution in [1.82, 2.24) is 4.57 Å². The fourth-order valence-corrected chi connectivity index (χ4v) is 10.0. The van der Waals surface area contributed by atoms with E-state index in [-0.39, 0.29) is 0 Å². The number of para-hydroxylation sites is 3. The second-order valence-corrected chi connectivity index (χ2v) is 14.5. The first-order valence-corrected chi connectivity index (χ1v) is 16.2. The molecule has 8 rings (SSSR count). The minimum Gasteiger partial charge on any atom is -0.455 e. The molecule has 0 bridgehead atoms. The zero-order chi connectivity index (χ0) is 26.7. The van der Waals surface area contributed by atoms with Crippen LogP contribution in [-0.2, 0) is 11.8 Å². The molecule has 0 saturated carbocycles. The minimum absolute atomic E-state index is 0.870. The quantitative estimate of drug-likeness (QED) is 0.205. The van der Waals surface area contributed by atoms with Crippen LogP contribution >= 0.6 is 6.04 Å². The van der Waals surface area contributed by atoms with Crippen LogP contribution in [0.4, 0.5) is 0 Å². The Hall–Kier alpha value is -4.43. The molecular weight excluding hydrogens is 525 g/mol. The standard InChI is InChI=1S/C36H24NOPS/c40-39(26-12-3-1-4-13-26,27-14-5-2-6-15-27)35-21-11-18-30-31-24-25(22-23-34(31)38-36(30)35)37-32-19-9-7-16-28(32)29-17-8-10-20-33(29)37/h1-24H. The summed E-state index contributed by atoms with van der Waals surface area (Å²) in [4.78, 5) is 0. The van der Waals surface area contributed by atoms with Gasteiger partial charge in [-0.05, 0) is 47.0 Å². The molecule has 2 heterocycles. The summed E-state index contributed by atoms with van der Waals surface area (Å²) in [6.07, 6.45) is 0. The molecule has 0 atom stereocenters. The molecule has 190 valence electrons. The lowest BCUT2D eigenvalue weighted by atomic mass is 10.1. The third-order valence-electron chi connectivity index (χ3n) is 7.88. The van der Waals surface area contributed by atoms with E-state index in [2.05, 4.69) is 138 Å². The molecule has 0 aliphatic heterocycles. The Kier molecular flexibility index (Phi) is 5.31. The molecule has 0 radical (unpaired) electrons. The topological polar surface area (TPSA) is 18.1 Å². The number of furan rings is 1. The van der Waals surface area contributed by atoms with Crippen molar-refractivity contribution in [3.63, 3.8) is 0 Å². The predicted octanol–water partition coefficient (Wildman–Crippen LogP) is 8.44. The van der Waals surface area contributed by atoms with Gasteiger partial charge in [-0.1, -0.05) is 121 Å². The second kappa shape index (κ2) is 9.06. The van der Waals surface area contributed by atoms with E-state index in [1.165, 1.54) is 21.8 Å². The fraction of sp³-hybridized carbons (Fsp3) is 0. The molecule has 0 amide bonds. The van der Waals surface area contributed by atoms with Gasteiger partial charge in [0.15, 0.2) is 0 Å². The summed E-state index contributed by atoms with van der Waals surface area (Å²) >= 11 is 6.68. The zero-order valence-corrected chi connectivity index (χ0v) is 23.3. The van der Waals surface area contributed by atoms with Gasteiger partial charge >= 0.3 is 0 Å². The smallest absolute Gasteiger partial charge is 0.144 e. The van der Waals surface area contributed by atoms with E-state index >= 15 is 0 Å². The first-order valence-electron chi connectivity index (χ1n) is 13.4. The highest BCUT2D eigenvalue weighted by Crippen LogP contribution is 2.46. The molecule has 2 nitrogen and oxygen atoms in total. The van der Waals surface area contributed by atoms with Crippen LogP contribution in [0.25, 0.3) is 49.4 Å². The highest BCUT2D eigenvalue weighted by Gasteiger charge is 2.28. The summed E-state index contributed by atoms with van der Waals surface area (Å²) in [5.41, 5.74) is 5.26. The Bertz CT molecular complexity index is 2150. The third-order valence-corrected chi connectivity index (χ3v) is 12.8. The van der Waals surface area contributed by atoms with E-state index in [4.69, 9.17) is 16.2 Å². The van der Waals surface area contributed by atoms with Crippen LogP contribution < -0.4 is 15.9 Å². The van der Waals surface area contributed by atoms with E-state index in [9.17, 15) is 0 Å². The van der Waals surface area contributed by atoms with Crippen LogP contribution in [0.5, 0.6) is 0 Å². The van der Waals surface area contributed by atoms with Gasteiger partial charge < -0.3 is 8.98 Å². The molecule has 8 aromatic rings. The van der Waals surface area contributed by atoms with Crippen molar-refractivity contribution in [1.29, 1.82) is 0 Å². The monoisotopic (exact) mass is 549 g/mol. The van der Waals surface area contributed by atoms with E-state index in [1.54, 1.807) is 0 Å². The number of hydrogen-bond donors (Lipinski definition) is 0. The Morgan fingerprint density at radius 2 is 1.05 bits per heavy atom. The molecule has 0 N–H and O–H groups in total. The van der Waals surface area contributed by atoms with Crippen molar-refractivity contribution in [3.8, 4) is 5.69 Å². The lowest BCUT2D eigenvalue weighted by molar-refractivity contribution is 0.671. The van der Waals surface area contributed by atoms with Crippen LogP contribution in [0.2, 0.25) is 0 Å². The van der Waals surface area contributed by atoms with E-state index in [0.717, 1.165) is 43.5 Å². The summed E-state index contributed by atoms with van der Waals surface area (Å²) in [7, 11) is 0. The number of benzene rings is 6. The van der Waals surface area contributed by atoms with Gasteiger partial charge in [0.2, 0.25) is 0 Å². The molecule has 0 fully saturated rings. The Morgan fingerprint density at radius 1 is 0.500 bits per heavy atom. The maximum atomic E-state index is 6.68. The van der Waals surface area contributed by atoms with Crippen molar-refractivity contribution >= 4 is 77.5 Å². The summed E-state index contributed by atoms with van der Waals surface area (Å²) in [5, 5.41) is 8.11. The molecule has 0 saturated heterocycles. The van der Waals surface area contributed by atoms with Gasteiger partial charge in [-0.25, -0.2) is 0 Å². The van der Waals surface area contributed by atoms with Crippen LogP contribution in [0, 0.1) is 0 Å². The van der Waals surface area contributed by atoms with Crippen molar-refractivity contribution in [2.75, 3.05) is 0 Å². The summed E-state index contributed by atoms with van der Waals surface area (Å²) in [6.45, 7) is 0. The van der Waals surface area contributed by atoms with E-state index in [1.807, 2.05) is 12.1 Å². The first-order chi connectivity index (χ1) is 19.7. The molecule has 4 heteroatoms. The number of nitrogens with zero attached hydrogens (tertiary/aromatic N) is 1. The first kappa shape index (κ1) is 23.5. The van der Waals surface area contributed by atoms with Gasteiger partial charge in [0.05, 0.1) is 11.0 Å². The average Bonchev–Trinajstić information content (AvgIpc) is 3.57. The number of aromatic nitrogens is 1. The van der Waals surface area contributed by atoms with Gasteiger partial charge in [-0.15, -0.1) is 0 Å². The van der Waals surface area contributed by atoms with E-state index < -0.39 is 6.04 Å². The molecule has 0 unspecified atom stereocenters. The van der Waals surface area contributed by atoms with Crippen LogP contribution in [0.1, 0.15) is 0 Å². The van der Waals surface area contributed by atoms with Gasteiger partial charge in [0.25, 0.3) is 0 Å². The third kappa shape index (κ3) is 3.38. The number of hydrogen-bond acceptors (Lipinski definition) is 2. The number of fused-ring (bicyclic) bond motifs is 6. The van der Waals surface area contributed by atoms with Crippen LogP contribution in [-0.4, -0.2) is 4.57 Å². The SMILES string of the molecule is S=P(c1ccccc1)(c1ccccc1)c1cccc2c1oc1ccc(-n3c4ccccc4c4ccccc43)cc12. The average molecular weight is 550 g/mol. The van der Waals surface area contributed by atoms with Crippen LogP contribution in [0.3, 0.4) is 0 Å². The summed E-state index contributed by atoms with van der Waals surface area (Å²) in [6, 6.07) is 48.9. The molecule has 0 aliphatic carbocycles. The Balaban J connectivity index is 1.41. The highest BCUT2D eigenvalue weighted by atomic mass is 32.4. The fourth-order valence-electron chi connectivity index (χ4n) is 6.06. The maximum absolute atomic E-state index is 6.68. The molecule has 0 aliphatic rings. The van der Waals surface area contributed by atoms with Gasteiger partial charge in [0, 0.05) is 38.6 Å². The molecule has 2 aromatic heterocycles. The lowest BCUT2D eigenvalue weighted by Gasteiger charge is -2.24. The lowest BCUT2D eigenvalue weighted by Crippen LogP contribution is -2.25.